The van der Waals surface area contributed by atoms with Crippen molar-refractivity contribution in [3.63, 3.8) is 0 Å². The lowest BCUT2D eigenvalue weighted by atomic mass is 10.2. The van der Waals surface area contributed by atoms with Gasteiger partial charge in [-0.05, 0) is 12.0 Å². The summed E-state index contributed by atoms with van der Waals surface area (Å²) in [5, 5.41) is 3.05. The quantitative estimate of drug-likeness (QED) is 0.563. The van der Waals surface area contributed by atoms with E-state index in [9.17, 15) is 4.79 Å². The number of nitrogens with zero attached hydrogens (tertiary/aromatic N) is 1. The Hall–Kier alpha value is -1.61. The first kappa shape index (κ1) is 14.5. The number of nitrogens with one attached hydrogen (secondary N) is 1. The summed E-state index contributed by atoms with van der Waals surface area (Å²) < 4.78 is 0. The molecule has 1 N–H and O–H groups in total. The van der Waals surface area contributed by atoms with Crippen molar-refractivity contribution in [2.24, 2.45) is 0 Å². The predicted octanol–water partition coefficient (Wildman–Crippen LogP) is 2.20. The minimum absolute atomic E-state index is 0.141. The number of amides is 1. The molecular formula is C15H22N2O. The second-order valence-electron chi connectivity index (χ2n) is 4.22. The van der Waals surface area contributed by atoms with E-state index in [1.165, 1.54) is 5.56 Å². The highest BCUT2D eigenvalue weighted by Crippen LogP contribution is 2.05. The van der Waals surface area contributed by atoms with Crippen LogP contribution in [0.2, 0.25) is 0 Å². The lowest BCUT2D eigenvalue weighted by Crippen LogP contribution is -2.38. The van der Waals surface area contributed by atoms with Crippen LogP contribution >= 0.6 is 0 Å². The summed E-state index contributed by atoms with van der Waals surface area (Å²) in [7, 11) is 0. The molecule has 0 saturated carbocycles. The van der Waals surface area contributed by atoms with E-state index in [4.69, 9.17) is 0 Å². The first-order valence-electron chi connectivity index (χ1n) is 6.41. The molecule has 0 heterocycles. The van der Waals surface area contributed by atoms with Crippen molar-refractivity contribution in [1.82, 2.24) is 10.2 Å². The molecule has 0 bridgehead atoms. The monoisotopic (exact) mass is 246 g/mol. The maximum absolute atomic E-state index is 12.0. The Morgan fingerprint density at radius 3 is 2.72 bits per heavy atom. The van der Waals surface area contributed by atoms with Gasteiger partial charge in [0, 0.05) is 19.6 Å². The van der Waals surface area contributed by atoms with Gasteiger partial charge in [-0.3, -0.25) is 4.79 Å². The smallest absolute Gasteiger partial charge is 0.236 e. The Kier molecular flexibility index (Phi) is 6.81. The van der Waals surface area contributed by atoms with E-state index in [2.05, 4.69) is 18.8 Å². The zero-order valence-electron chi connectivity index (χ0n) is 11.1. The molecule has 18 heavy (non-hydrogen) atoms. The summed E-state index contributed by atoms with van der Waals surface area (Å²) in [4.78, 5) is 13.9. The topological polar surface area (TPSA) is 32.3 Å². The minimum atomic E-state index is 0.141. The van der Waals surface area contributed by atoms with E-state index in [1.54, 1.807) is 6.08 Å². The van der Waals surface area contributed by atoms with E-state index in [0.717, 1.165) is 13.0 Å². The maximum atomic E-state index is 12.0. The van der Waals surface area contributed by atoms with Gasteiger partial charge in [0.25, 0.3) is 0 Å². The van der Waals surface area contributed by atoms with Gasteiger partial charge in [-0.1, -0.05) is 43.3 Å². The number of hydrogen-bond donors (Lipinski definition) is 1. The van der Waals surface area contributed by atoms with E-state index in [-0.39, 0.29) is 5.91 Å². The van der Waals surface area contributed by atoms with Crippen molar-refractivity contribution in [3.05, 3.63) is 48.6 Å². The SMILES string of the molecule is C=CCNCC(=O)N(CCC)Cc1ccccc1. The number of carbonyl (C=O) groups excluding carboxylic acids is 1. The van der Waals surface area contributed by atoms with Gasteiger partial charge < -0.3 is 10.2 Å². The summed E-state index contributed by atoms with van der Waals surface area (Å²) in [6.07, 6.45) is 2.73. The van der Waals surface area contributed by atoms with Gasteiger partial charge in [0.05, 0.1) is 6.54 Å². The molecule has 0 spiro atoms. The Morgan fingerprint density at radius 2 is 2.11 bits per heavy atom. The van der Waals surface area contributed by atoms with Crippen molar-refractivity contribution in [1.29, 1.82) is 0 Å². The summed E-state index contributed by atoms with van der Waals surface area (Å²) in [6.45, 7) is 8.22. The zero-order valence-corrected chi connectivity index (χ0v) is 11.1. The van der Waals surface area contributed by atoms with Gasteiger partial charge in [0.2, 0.25) is 5.91 Å². The fourth-order valence-electron chi connectivity index (χ4n) is 1.76. The van der Waals surface area contributed by atoms with Crippen molar-refractivity contribution in [2.45, 2.75) is 19.9 Å². The Labute approximate surface area is 109 Å². The highest BCUT2D eigenvalue weighted by molar-refractivity contribution is 5.78. The molecule has 0 radical (unpaired) electrons. The van der Waals surface area contributed by atoms with Crippen LogP contribution in [0.15, 0.2) is 43.0 Å². The van der Waals surface area contributed by atoms with Crippen LogP contribution in [0.4, 0.5) is 0 Å². The number of rotatable bonds is 8. The van der Waals surface area contributed by atoms with Crippen LogP contribution in [0.3, 0.4) is 0 Å². The highest BCUT2D eigenvalue weighted by atomic mass is 16.2. The molecule has 1 rings (SSSR count). The molecule has 0 aliphatic heterocycles. The lowest BCUT2D eigenvalue weighted by Gasteiger charge is -2.22. The zero-order chi connectivity index (χ0) is 13.2. The van der Waals surface area contributed by atoms with Crippen LogP contribution in [0.5, 0.6) is 0 Å². The van der Waals surface area contributed by atoms with Gasteiger partial charge in [-0.25, -0.2) is 0 Å². The van der Waals surface area contributed by atoms with Gasteiger partial charge in [0.1, 0.15) is 0 Å². The van der Waals surface area contributed by atoms with Crippen LogP contribution in [0.25, 0.3) is 0 Å². The molecule has 1 aromatic carbocycles. The summed E-state index contributed by atoms with van der Waals surface area (Å²) in [5.74, 6) is 0.141. The molecule has 1 aromatic rings. The summed E-state index contributed by atoms with van der Waals surface area (Å²) in [6, 6.07) is 10.1. The number of hydrogen-bond acceptors (Lipinski definition) is 2. The molecule has 0 aliphatic rings. The van der Waals surface area contributed by atoms with E-state index in [0.29, 0.717) is 19.6 Å². The van der Waals surface area contributed by atoms with Crippen LogP contribution in [0, 0.1) is 0 Å². The van der Waals surface area contributed by atoms with Crippen LogP contribution in [0.1, 0.15) is 18.9 Å². The predicted molar refractivity (Wildman–Crippen MR) is 75.2 cm³/mol. The average molecular weight is 246 g/mol. The minimum Gasteiger partial charge on any atom is -0.337 e. The summed E-state index contributed by atoms with van der Waals surface area (Å²) in [5.41, 5.74) is 1.17. The Bertz CT molecular complexity index is 362. The standard InChI is InChI=1S/C15H22N2O/c1-3-10-16-12-15(18)17(11-4-2)13-14-8-6-5-7-9-14/h3,5-9,16H,1,4,10-13H2,2H3. The number of carbonyl (C=O) groups is 1. The van der Waals surface area contributed by atoms with E-state index >= 15 is 0 Å². The molecule has 0 aromatic heterocycles. The largest absolute Gasteiger partial charge is 0.337 e. The lowest BCUT2D eigenvalue weighted by molar-refractivity contribution is -0.130. The Balaban J connectivity index is 2.53. The van der Waals surface area contributed by atoms with Crippen molar-refractivity contribution in [3.8, 4) is 0 Å². The third kappa shape index (κ3) is 5.15. The first-order valence-corrected chi connectivity index (χ1v) is 6.41. The van der Waals surface area contributed by atoms with Crippen LogP contribution < -0.4 is 5.32 Å². The second kappa shape index (κ2) is 8.48. The molecule has 0 unspecified atom stereocenters. The molecular weight excluding hydrogens is 224 g/mol. The fourth-order valence-corrected chi connectivity index (χ4v) is 1.76. The van der Waals surface area contributed by atoms with E-state index in [1.807, 2.05) is 35.2 Å². The highest BCUT2D eigenvalue weighted by Gasteiger charge is 2.12. The first-order chi connectivity index (χ1) is 8.77. The van der Waals surface area contributed by atoms with Gasteiger partial charge in [0.15, 0.2) is 0 Å². The Morgan fingerprint density at radius 1 is 1.39 bits per heavy atom. The van der Waals surface area contributed by atoms with Gasteiger partial charge in [-0.2, -0.15) is 0 Å². The molecule has 0 aliphatic carbocycles. The third-order valence-corrected chi connectivity index (χ3v) is 2.63. The fraction of sp³-hybridized carbons (Fsp3) is 0.400. The molecule has 3 nitrogen and oxygen atoms in total. The second-order valence-corrected chi connectivity index (χ2v) is 4.22. The molecule has 3 heteroatoms. The maximum Gasteiger partial charge on any atom is 0.236 e. The molecule has 98 valence electrons. The van der Waals surface area contributed by atoms with Crippen molar-refractivity contribution < 1.29 is 4.79 Å². The van der Waals surface area contributed by atoms with Gasteiger partial charge >= 0.3 is 0 Å². The molecule has 1 amide bonds. The summed E-state index contributed by atoms with van der Waals surface area (Å²) >= 11 is 0. The normalized spacial score (nSPS) is 10.1. The molecule has 0 saturated heterocycles. The van der Waals surface area contributed by atoms with E-state index < -0.39 is 0 Å². The van der Waals surface area contributed by atoms with Crippen LogP contribution in [-0.4, -0.2) is 30.4 Å². The average Bonchev–Trinajstić information content (AvgIpc) is 2.39. The van der Waals surface area contributed by atoms with Crippen molar-refractivity contribution in [2.75, 3.05) is 19.6 Å². The number of benzene rings is 1. The van der Waals surface area contributed by atoms with Crippen LogP contribution in [-0.2, 0) is 11.3 Å². The van der Waals surface area contributed by atoms with Crippen molar-refractivity contribution >= 4 is 5.91 Å². The molecule has 0 fully saturated rings. The van der Waals surface area contributed by atoms with Gasteiger partial charge in [-0.15, -0.1) is 6.58 Å². The molecule has 0 atom stereocenters. The third-order valence-electron chi connectivity index (χ3n) is 2.63.